The summed E-state index contributed by atoms with van der Waals surface area (Å²) in [5.41, 5.74) is 6.07. The van der Waals surface area contributed by atoms with Gasteiger partial charge >= 0.3 is 5.97 Å². The van der Waals surface area contributed by atoms with E-state index in [9.17, 15) is 19.4 Å². The number of phenolic OH excluding ortho intramolecular Hbond substituents is 1. The van der Waals surface area contributed by atoms with Gasteiger partial charge in [-0.05, 0) is 29.8 Å². The molecule has 7 nitrogen and oxygen atoms in total. The summed E-state index contributed by atoms with van der Waals surface area (Å²) in [7, 11) is 0. The van der Waals surface area contributed by atoms with Crippen LogP contribution in [0.5, 0.6) is 5.75 Å². The van der Waals surface area contributed by atoms with Crippen molar-refractivity contribution in [3.63, 3.8) is 0 Å². The number of halogens is 1. The van der Waals surface area contributed by atoms with E-state index in [1.807, 2.05) is 0 Å². The van der Waals surface area contributed by atoms with Crippen molar-refractivity contribution in [1.82, 2.24) is 14.6 Å². The van der Waals surface area contributed by atoms with Crippen molar-refractivity contribution in [2.75, 3.05) is 5.73 Å². The summed E-state index contributed by atoms with van der Waals surface area (Å²) in [6.45, 7) is 0. The first kappa shape index (κ1) is 12.9. The van der Waals surface area contributed by atoms with Crippen LogP contribution in [0.4, 0.5) is 10.3 Å². The molecule has 0 spiro atoms. The molecule has 0 unspecified atom stereocenters. The van der Waals surface area contributed by atoms with Crippen LogP contribution in [0.2, 0.25) is 0 Å². The Kier molecular flexibility index (Phi) is 2.72. The normalized spacial score (nSPS) is 10.9. The van der Waals surface area contributed by atoms with Crippen LogP contribution >= 0.6 is 0 Å². The van der Waals surface area contributed by atoms with Gasteiger partial charge in [-0.15, -0.1) is 5.10 Å². The molecule has 106 valence electrons. The lowest BCUT2D eigenvalue weighted by molar-refractivity contribution is 0.0688. The van der Waals surface area contributed by atoms with E-state index in [2.05, 4.69) is 10.1 Å². The highest BCUT2D eigenvalue weighted by Crippen LogP contribution is 2.28. The number of aromatic nitrogens is 3. The molecule has 0 amide bonds. The van der Waals surface area contributed by atoms with Gasteiger partial charge in [0.15, 0.2) is 22.9 Å². The smallest absolute Gasteiger partial charge is 0.355 e. The zero-order chi connectivity index (χ0) is 15.1. The molecule has 0 bridgehead atoms. The number of pyridine rings is 1. The molecule has 2 aromatic heterocycles. The fourth-order valence-electron chi connectivity index (χ4n) is 2.08. The van der Waals surface area contributed by atoms with Gasteiger partial charge in [0.1, 0.15) is 0 Å². The van der Waals surface area contributed by atoms with E-state index in [-0.39, 0.29) is 22.9 Å². The van der Waals surface area contributed by atoms with Crippen LogP contribution in [0.1, 0.15) is 10.5 Å². The quantitative estimate of drug-likeness (QED) is 0.658. The largest absolute Gasteiger partial charge is 0.505 e. The van der Waals surface area contributed by atoms with E-state index in [1.54, 1.807) is 0 Å². The van der Waals surface area contributed by atoms with Crippen LogP contribution in [-0.2, 0) is 0 Å². The summed E-state index contributed by atoms with van der Waals surface area (Å²) in [4.78, 5) is 15.4. The number of hydrogen-bond donors (Lipinski definition) is 3. The van der Waals surface area contributed by atoms with Gasteiger partial charge in [0.05, 0.1) is 0 Å². The first-order valence-corrected chi connectivity index (χ1v) is 5.85. The van der Waals surface area contributed by atoms with Gasteiger partial charge in [0.25, 0.3) is 0 Å². The third-order valence-electron chi connectivity index (χ3n) is 2.98. The first-order chi connectivity index (χ1) is 9.97. The van der Waals surface area contributed by atoms with Crippen LogP contribution in [0.25, 0.3) is 16.8 Å². The maximum absolute atomic E-state index is 13.5. The number of hydrogen-bond acceptors (Lipinski definition) is 5. The molecule has 3 rings (SSSR count). The molecular weight excluding hydrogens is 279 g/mol. The van der Waals surface area contributed by atoms with Gasteiger partial charge in [-0.25, -0.2) is 13.7 Å². The highest BCUT2D eigenvalue weighted by molar-refractivity contribution is 5.95. The third-order valence-corrected chi connectivity index (χ3v) is 2.98. The fraction of sp³-hybridized carbons (Fsp3) is 0. The van der Waals surface area contributed by atoms with Crippen molar-refractivity contribution in [2.45, 2.75) is 0 Å². The molecule has 0 aliphatic rings. The zero-order valence-corrected chi connectivity index (χ0v) is 10.5. The van der Waals surface area contributed by atoms with Crippen molar-refractivity contribution in [2.24, 2.45) is 0 Å². The Morgan fingerprint density at radius 3 is 2.71 bits per heavy atom. The maximum atomic E-state index is 13.5. The fourth-order valence-corrected chi connectivity index (χ4v) is 2.08. The Bertz CT molecular complexity index is 875. The highest BCUT2D eigenvalue weighted by atomic mass is 19.1. The summed E-state index contributed by atoms with van der Waals surface area (Å²) in [6, 6.07) is 6.61. The molecule has 21 heavy (non-hydrogen) atoms. The van der Waals surface area contributed by atoms with E-state index in [4.69, 9.17) is 5.73 Å². The maximum Gasteiger partial charge on any atom is 0.355 e. The molecule has 0 atom stereocenters. The van der Waals surface area contributed by atoms with Crippen molar-refractivity contribution >= 4 is 17.6 Å². The van der Waals surface area contributed by atoms with Crippen LogP contribution in [-0.4, -0.2) is 30.8 Å². The number of carbonyl (C=O) groups is 1. The van der Waals surface area contributed by atoms with Crippen molar-refractivity contribution < 1.29 is 19.4 Å². The van der Waals surface area contributed by atoms with E-state index in [0.717, 1.165) is 16.6 Å². The molecule has 8 heteroatoms. The summed E-state index contributed by atoms with van der Waals surface area (Å²) in [5, 5.41) is 22.4. The second-order valence-electron chi connectivity index (χ2n) is 4.31. The van der Waals surface area contributed by atoms with Crippen LogP contribution in [0.15, 0.2) is 30.3 Å². The number of nitrogens with two attached hydrogens (primary N) is 1. The minimum atomic E-state index is -1.26. The van der Waals surface area contributed by atoms with E-state index in [0.29, 0.717) is 5.56 Å². The molecule has 0 fully saturated rings. The van der Waals surface area contributed by atoms with Gasteiger partial charge in [0.2, 0.25) is 5.95 Å². The minimum Gasteiger partial charge on any atom is -0.505 e. The Labute approximate surface area is 117 Å². The Balaban J connectivity index is 2.33. The lowest BCUT2D eigenvalue weighted by Crippen LogP contribution is -2.09. The molecule has 1 aromatic carbocycles. The van der Waals surface area contributed by atoms with Gasteiger partial charge in [-0.3, -0.25) is 0 Å². The Morgan fingerprint density at radius 2 is 2.05 bits per heavy atom. The van der Waals surface area contributed by atoms with Gasteiger partial charge in [-0.1, -0.05) is 6.07 Å². The lowest BCUT2D eigenvalue weighted by atomic mass is 10.0. The molecule has 3 aromatic rings. The molecule has 0 saturated carbocycles. The van der Waals surface area contributed by atoms with E-state index >= 15 is 0 Å². The number of carboxylic acids is 1. The minimum absolute atomic E-state index is 0.0634. The molecule has 4 N–H and O–H groups in total. The second kappa shape index (κ2) is 4.44. The highest BCUT2D eigenvalue weighted by Gasteiger charge is 2.19. The number of rotatable bonds is 2. The number of benzene rings is 1. The molecule has 2 heterocycles. The second-order valence-corrected chi connectivity index (χ2v) is 4.31. The summed E-state index contributed by atoms with van der Waals surface area (Å²) < 4.78 is 14.5. The molecule has 0 aliphatic carbocycles. The molecular formula is C13H9FN4O3. The number of carboxylic acid groups (broad SMARTS) is 1. The Hall–Kier alpha value is -3.16. The average Bonchev–Trinajstić information content (AvgIpc) is 2.80. The van der Waals surface area contributed by atoms with Crippen molar-refractivity contribution in [1.29, 1.82) is 0 Å². The summed E-state index contributed by atoms with van der Waals surface area (Å²) in [6.07, 6.45) is 0. The molecule has 0 radical (unpaired) electrons. The predicted octanol–water partition coefficient (Wildman–Crippen LogP) is 1.52. The van der Waals surface area contributed by atoms with Crippen molar-refractivity contribution in [3.05, 3.63) is 41.8 Å². The van der Waals surface area contributed by atoms with Gasteiger partial charge < -0.3 is 15.9 Å². The van der Waals surface area contributed by atoms with Crippen LogP contribution in [0.3, 0.4) is 0 Å². The number of nitrogens with zero attached hydrogens (tertiary/aromatic N) is 3. The van der Waals surface area contributed by atoms with Crippen LogP contribution < -0.4 is 5.73 Å². The summed E-state index contributed by atoms with van der Waals surface area (Å²) >= 11 is 0. The lowest BCUT2D eigenvalue weighted by Gasteiger charge is -2.08. The number of phenols is 1. The van der Waals surface area contributed by atoms with E-state index < -0.39 is 17.5 Å². The van der Waals surface area contributed by atoms with Crippen molar-refractivity contribution in [3.8, 4) is 16.9 Å². The summed E-state index contributed by atoms with van der Waals surface area (Å²) in [5.74, 6) is -2.68. The number of aromatic hydroxyl groups is 1. The SMILES string of the molecule is Nc1nc2ccc(-c3ccc(O)c(F)c3)c(C(=O)O)n2n1. The number of nitrogen functional groups attached to an aromatic ring is 1. The van der Waals surface area contributed by atoms with Crippen LogP contribution in [0, 0.1) is 5.82 Å². The third kappa shape index (κ3) is 2.02. The average molecular weight is 288 g/mol. The molecule has 0 aliphatic heterocycles. The number of fused-ring (bicyclic) bond motifs is 1. The molecule has 0 saturated heterocycles. The number of anilines is 1. The standard InChI is InChI=1S/C13H9FN4O3/c14-8-5-6(1-3-9(8)19)7-2-4-10-16-13(15)17-18(10)11(7)12(20)21/h1-5,19H,(H2,15,17)(H,20,21). The number of aromatic carboxylic acids is 1. The topological polar surface area (TPSA) is 114 Å². The van der Waals surface area contributed by atoms with Gasteiger partial charge in [-0.2, -0.15) is 4.98 Å². The Morgan fingerprint density at radius 1 is 1.29 bits per heavy atom. The van der Waals surface area contributed by atoms with Gasteiger partial charge in [0, 0.05) is 5.56 Å². The monoisotopic (exact) mass is 288 g/mol. The predicted molar refractivity (Wildman–Crippen MR) is 71.4 cm³/mol. The zero-order valence-electron chi connectivity index (χ0n) is 10.5. The van der Waals surface area contributed by atoms with E-state index in [1.165, 1.54) is 18.2 Å². The first-order valence-electron chi connectivity index (χ1n) is 5.85.